The molecule has 2 rings (SSSR count). The molecule has 0 bridgehead atoms. The number of benzene rings is 2. The van der Waals surface area contributed by atoms with Crippen LogP contribution in [0.2, 0.25) is 0 Å². The Balaban J connectivity index is 2.36. The first-order chi connectivity index (χ1) is 11.3. The third kappa shape index (κ3) is 4.86. The Hall–Kier alpha value is -2.28. The zero-order valence-corrected chi connectivity index (χ0v) is 13.9. The minimum atomic E-state index is -4.98. The molecular formula is C17H13BrF3NO2. The summed E-state index contributed by atoms with van der Waals surface area (Å²) in [4.78, 5) is 11.3. The number of rotatable bonds is 5. The summed E-state index contributed by atoms with van der Waals surface area (Å²) in [6, 6.07) is 13.3. The molecule has 3 nitrogen and oxygen atoms in total. The van der Waals surface area contributed by atoms with E-state index >= 15 is 0 Å². The Bertz CT molecular complexity index is 758. The second-order valence-electron chi connectivity index (χ2n) is 4.92. The molecule has 0 spiro atoms. The zero-order chi connectivity index (χ0) is 17.7. The number of hydrogen-bond donors (Lipinski definition) is 2. The summed E-state index contributed by atoms with van der Waals surface area (Å²) >= 11 is 3.19. The van der Waals surface area contributed by atoms with Crippen molar-refractivity contribution >= 4 is 27.4 Å². The van der Waals surface area contributed by atoms with Gasteiger partial charge in [0.05, 0.1) is 0 Å². The van der Waals surface area contributed by atoms with Gasteiger partial charge in [0.25, 0.3) is 5.78 Å². The molecule has 24 heavy (non-hydrogen) atoms. The molecule has 2 N–H and O–H groups in total. The second-order valence-corrected chi connectivity index (χ2v) is 5.84. The topological polar surface area (TPSA) is 49.3 Å². The van der Waals surface area contributed by atoms with Gasteiger partial charge in [-0.15, -0.1) is 0 Å². The van der Waals surface area contributed by atoms with Crippen molar-refractivity contribution in [1.29, 1.82) is 0 Å². The monoisotopic (exact) mass is 399 g/mol. The summed E-state index contributed by atoms with van der Waals surface area (Å²) < 4.78 is 38.3. The third-order valence-corrected chi connectivity index (χ3v) is 3.62. The number of carbonyl (C=O) groups excluding carboxylic acids is 1. The van der Waals surface area contributed by atoms with Gasteiger partial charge in [-0.1, -0.05) is 46.3 Å². The quantitative estimate of drug-likeness (QED) is 0.731. The molecule has 0 aromatic heterocycles. The van der Waals surface area contributed by atoms with Crippen LogP contribution in [-0.4, -0.2) is 17.1 Å². The number of hydrogen-bond acceptors (Lipinski definition) is 3. The number of aromatic hydroxyl groups is 1. The maximum absolute atomic E-state index is 12.6. The van der Waals surface area contributed by atoms with Gasteiger partial charge in [-0.3, -0.25) is 4.79 Å². The van der Waals surface area contributed by atoms with E-state index in [1.165, 1.54) is 12.1 Å². The van der Waals surface area contributed by atoms with Crippen molar-refractivity contribution in [1.82, 2.24) is 5.32 Å². The largest absolute Gasteiger partial charge is 0.507 e. The average Bonchev–Trinajstić information content (AvgIpc) is 2.53. The molecule has 0 amide bonds. The van der Waals surface area contributed by atoms with E-state index in [1.54, 1.807) is 30.3 Å². The van der Waals surface area contributed by atoms with E-state index in [2.05, 4.69) is 21.2 Å². The number of carbonyl (C=O) groups is 1. The van der Waals surface area contributed by atoms with Gasteiger partial charge in [-0.05, 0) is 23.8 Å². The number of halogens is 4. The molecule has 0 atom stereocenters. The number of nitrogens with one attached hydrogen (secondary N) is 1. The van der Waals surface area contributed by atoms with E-state index in [-0.39, 0.29) is 23.6 Å². The van der Waals surface area contributed by atoms with Crippen molar-refractivity contribution in [2.45, 2.75) is 12.7 Å². The lowest BCUT2D eigenvalue weighted by atomic mass is 10.1. The fraction of sp³-hybridized carbons (Fsp3) is 0.118. The van der Waals surface area contributed by atoms with Crippen LogP contribution >= 0.6 is 15.9 Å². The highest BCUT2D eigenvalue weighted by Gasteiger charge is 2.37. The van der Waals surface area contributed by atoms with Crippen LogP contribution in [0.1, 0.15) is 11.1 Å². The lowest BCUT2D eigenvalue weighted by Gasteiger charge is -2.14. The third-order valence-electron chi connectivity index (χ3n) is 3.13. The molecule has 0 unspecified atom stereocenters. The maximum Gasteiger partial charge on any atom is 0.454 e. The Morgan fingerprint density at radius 3 is 2.46 bits per heavy atom. The molecule has 0 aliphatic heterocycles. The fourth-order valence-corrected chi connectivity index (χ4v) is 2.32. The van der Waals surface area contributed by atoms with Crippen LogP contribution in [0.3, 0.4) is 0 Å². The van der Waals surface area contributed by atoms with Gasteiger partial charge < -0.3 is 10.4 Å². The Kier molecular flexibility index (Phi) is 5.66. The minimum Gasteiger partial charge on any atom is -0.507 e. The summed E-state index contributed by atoms with van der Waals surface area (Å²) in [5.41, 5.74) is 0.801. The summed E-state index contributed by atoms with van der Waals surface area (Å²) in [7, 11) is 0. The van der Waals surface area contributed by atoms with E-state index in [0.29, 0.717) is 10.5 Å². The molecule has 0 heterocycles. The number of alkyl halides is 3. The molecule has 2 aromatic carbocycles. The molecular weight excluding hydrogens is 387 g/mol. The summed E-state index contributed by atoms with van der Waals surface area (Å²) in [6.07, 6.45) is -4.54. The number of phenolic OH excluding ortho intramolecular Hbond substituents is 1. The van der Waals surface area contributed by atoms with Crippen LogP contribution < -0.4 is 5.32 Å². The molecule has 2 aromatic rings. The Morgan fingerprint density at radius 2 is 1.83 bits per heavy atom. The molecule has 7 heteroatoms. The van der Waals surface area contributed by atoms with Gasteiger partial charge in [-0.2, -0.15) is 13.2 Å². The lowest BCUT2D eigenvalue weighted by Crippen LogP contribution is -2.22. The highest BCUT2D eigenvalue weighted by atomic mass is 79.9. The van der Waals surface area contributed by atoms with Crippen molar-refractivity contribution in [2.24, 2.45) is 0 Å². The van der Waals surface area contributed by atoms with Gasteiger partial charge in [0.15, 0.2) is 0 Å². The highest BCUT2D eigenvalue weighted by molar-refractivity contribution is 9.10. The lowest BCUT2D eigenvalue weighted by molar-refractivity contribution is -0.165. The van der Waals surface area contributed by atoms with Gasteiger partial charge in [-0.25, -0.2) is 0 Å². The van der Waals surface area contributed by atoms with Crippen LogP contribution in [0.15, 0.2) is 59.1 Å². The Labute approximate surface area is 144 Å². The van der Waals surface area contributed by atoms with Crippen LogP contribution in [0.5, 0.6) is 5.75 Å². The first-order valence-corrected chi connectivity index (χ1v) is 7.66. The van der Waals surface area contributed by atoms with Gasteiger partial charge >= 0.3 is 6.18 Å². The van der Waals surface area contributed by atoms with E-state index in [0.717, 1.165) is 5.56 Å². The molecule has 0 saturated carbocycles. The van der Waals surface area contributed by atoms with E-state index in [4.69, 9.17) is 0 Å². The van der Waals surface area contributed by atoms with Gasteiger partial charge in [0, 0.05) is 28.4 Å². The molecule has 0 aliphatic rings. The molecule has 126 valence electrons. The molecule has 0 saturated heterocycles. The van der Waals surface area contributed by atoms with Crippen LogP contribution in [0.4, 0.5) is 13.2 Å². The van der Waals surface area contributed by atoms with E-state index < -0.39 is 12.0 Å². The normalized spacial score (nSPS) is 12.1. The van der Waals surface area contributed by atoms with Crippen molar-refractivity contribution in [3.8, 4) is 5.75 Å². The first kappa shape index (κ1) is 18.1. The van der Waals surface area contributed by atoms with Crippen molar-refractivity contribution < 1.29 is 23.1 Å². The van der Waals surface area contributed by atoms with Gasteiger partial charge in [0.2, 0.25) is 0 Å². The fourth-order valence-electron chi connectivity index (χ4n) is 1.95. The zero-order valence-electron chi connectivity index (χ0n) is 12.3. The van der Waals surface area contributed by atoms with E-state index in [1.807, 2.05) is 6.07 Å². The Morgan fingerprint density at radius 1 is 1.17 bits per heavy atom. The molecule has 0 aliphatic carbocycles. The van der Waals surface area contributed by atoms with Crippen molar-refractivity contribution in [3.05, 3.63) is 70.2 Å². The summed E-state index contributed by atoms with van der Waals surface area (Å²) in [5, 5.41) is 12.7. The molecule has 0 radical (unpaired) electrons. The average molecular weight is 400 g/mol. The predicted molar refractivity (Wildman–Crippen MR) is 88.1 cm³/mol. The molecule has 0 fully saturated rings. The van der Waals surface area contributed by atoms with Crippen LogP contribution in [0, 0.1) is 0 Å². The minimum absolute atomic E-state index is 0.0953. The first-order valence-electron chi connectivity index (χ1n) is 6.87. The van der Waals surface area contributed by atoms with Gasteiger partial charge in [0.1, 0.15) is 5.75 Å². The number of phenols is 1. The number of ketones is 1. The number of allylic oxidation sites excluding steroid dienone is 1. The predicted octanol–water partition coefficient (Wildman–Crippen LogP) is 4.42. The maximum atomic E-state index is 12.6. The van der Waals surface area contributed by atoms with Crippen LogP contribution in [-0.2, 0) is 11.3 Å². The van der Waals surface area contributed by atoms with E-state index in [9.17, 15) is 23.1 Å². The highest BCUT2D eigenvalue weighted by Crippen LogP contribution is 2.28. The SMILES string of the molecule is O=C(C=C(NCc1ccccc1)c1cc(Br)ccc1O)C(F)(F)F. The standard InChI is InChI=1S/C17H13BrF3NO2/c18-12-6-7-15(23)13(8-12)14(9-16(24)17(19,20)21)22-10-11-4-2-1-3-5-11/h1-9,22-23H,10H2. The van der Waals surface area contributed by atoms with Crippen LogP contribution in [0.25, 0.3) is 5.70 Å². The van der Waals surface area contributed by atoms with Crippen molar-refractivity contribution in [3.63, 3.8) is 0 Å². The second kappa shape index (κ2) is 7.53. The summed E-state index contributed by atoms with van der Waals surface area (Å²) in [6.45, 7) is 0.198. The smallest absolute Gasteiger partial charge is 0.454 e. The summed E-state index contributed by atoms with van der Waals surface area (Å²) in [5.74, 6) is -2.24. The van der Waals surface area contributed by atoms with Crippen molar-refractivity contribution in [2.75, 3.05) is 0 Å².